The predicted octanol–water partition coefficient (Wildman–Crippen LogP) is 3.29. The molecule has 3 rings (SSSR count). The van der Waals surface area contributed by atoms with Crippen molar-refractivity contribution in [3.63, 3.8) is 0 Å². The summed E-state index contributed by atoms with van der Waals surface area (Å²) in [5, 5.41) is 2.97. The zero-order chi connectivity index (χ0) is 21.7. The maximum Gasteiger partial charge on any atom is 0.252 e. The van der Waals surface area contributed by atoms with E-state index in [4.69, 9.17) is 9.47 Å². The first-order chi connectivity index (χ1) is 14.3. The largest absolute Gasteiger partial charge is 0.493 e. The Bertz CT molecular complexity index is 985. The number of piperidine rings is 1. The van der Waals surface area contributed by atoms with Crippen molar-refractivity contribution in [3.8, 4) is 11.5 Å². The van der Waals surface area contributed by atoms with E-state index in [9.17, 15) is 13.2 Å². The van der Waals surface area contributed by atoms with Crippen LogP contribution in [-0.4, -0.2) is 52.5 Å². The van der Waals surface area contributed by atoms with Crippen LogP contribution in [-0.2, 0) is 21.2 Å². The number of hydrogen-bond donors (Lipinski definition) is 1. The van der Waals surface area contributed by atoms with Gasteiger partial charge in [-0.25, -0.2) is 8.42 Å². The highest BCUT2D eigenvalue weighted by atomic mass is 79.9. The highest BCUT2D eigenvalue weighted by molar-refractivity contribution is 9.11. The third-order valence-corrected chi connectivity index (χ3v) is 9.12. The summed E-state index contributed by atoms with van der Waals surface area (Å²) in [6.45, 7) is 1.22. The minimum Gasteiger partial charge on any atom is -0.493 e. The fraction of sp³-hybridized carbons (Fsp3) is 0.450. The first kappa shape index (κ1) is 23.1. The summed E-state index contributed by atoms with van der Waals surface area (Å²) in [4.78, 5) is 12.5. The van der Waals surface area contributed by atoms with E-state index in [2.05, 4.69) is 21.2 Å². The Morgan fingerprint density at radius 2 is 1.87 bits per heavy atom. The molecule has 10 heteroatoms. The molecule has 0 radical (unpaired) electrons. The molecule has 0 aliphatic carbocycles. The number of halogens is 1. The van der Waals surface area contributed by atoms with Crippen molar-refractivity contribution >= 4 is 43.2 Å². The Morgan fingerprint density at radius 3 is 2.47 bits per heavy atom. The van der Waals surface area contributed by atoms with Crippen molar-refractivity contribution in [1.29, 1.82) is 0 Å². The summed E-state index contributed by atoms with van der Waals surface area (Å²) in [6.07, 6.45) is 1.72. The molecule has 1 aliphatic rings. The molecule has 0 atom stereocenters. The monoisotopic (exact) mass is 516 g/mol. The van der Waals surface area contributed by atoms with E-state index in [1.54, 1.807) is 26.4 Å². The van der Waals surface area contributed by atoms with Gasteiger partial charge in [0.25, 0.3) is 10.0 Å². The third-order valence-electron chi connectivity index (χ3n) is 5.13. The van der Waals surface area contributed by atoms with Crippen LogP contribution in [0.25, 0.3) is 0 Å². The van der Waals surface area contributed by atoms with E-state index < -0.39 is 10.0 Å². The van der Waals surface area contributed by atoms with Crippen molar-refractivity contribution in [3.05, 3.63) is 39.7 Å². The Morgan fingerprint density at radius 1 is 1.17 bits per heavy atom. The number of rotatable bonds is 8. The van der Waals surface area contributed by atoms with E-state index in [1.165, 1.54) is 15.6 Å². The van der Waals surface area contributed by atoms with Crippen molar-refractivity contribution in [2.75, 3.05) is 33.9 Å². The smallest absolute Gasteiger partial charge is 0.252 e. The number of nitrogens with zero attached hydrogens (tertiary/aromatic N) is 1. The average Bonchev–Trinajstić information content (AvgIpc) is 3.20. The summed E-state index contributed by atoms with van der Waals surface area (Å²) >= 11 is 4.50. The first-order valence-corrected chi connectivity index (χ1v) is 12.6. The minimum atomic E-state index is -3.49. The SMILES string of the molecule is COc1ccc(CCNC(=O)C2CCN(S(=O)(=O)c3ccc(Br)s3)CC2)cc1OC. The van der Waals surface area contributed by atoms with Crippen LogP contribution in [0.4, 0.5) is 0 Å². The fourth-order valence-electron chi connectivity index (χ4n) is 3.43. The van der Waals surface area contributed by atoms with Crippen LogP contribution in [0.3, 0.4) is 0 Å². The summed E-state index contributed by atoms with van der Waals surface area (Å²) < 4.78 is 38.5. The minimum absolute atomic E-state index is 0.0219. The van der Waals surface area contributed by atoms with Gasteiger partial charge in [-0.1, -0.05) is 6.07 Å². The quantitative estimate of drug-likeness (QED) is 0.581. The second-order valence-corrected chi connectivity index (χ2v) is 11.6. The van der Waals surface area contributed by atoms with Gasteiger partial charge in [0.2, 0.25) is 5.91 Å². The first-order valence-electron chi connectivity index (χ1n) is 9.59. The maximum absolute atomic E-state index is 12.7. The van der Waals surface area contributed by atoms with Gasteiger partial charge in [-0.15, -0.1) is 11.3 Å². The van der Waals surface area contributed by atoms with Crippen LogP contribution in [0.5, 0.6) is 11.5 Å². The zero-order valence-electron chi connectivity index (χ0n) is 16.9. The van der Waals surface area contributed by atoms with Gasteiger partial charge in [0.15, 0.2) is 11.5 Å². The Hall–Kier alpha value is -1.62. The number of ether oxygens (including phenoxy) is 2. The molecular weight excluding hydrogens is 492 g/mol. The number of hydrogen-bond acceptors (Lipinski definition) is 6. The van der Waals surface area contributed by atoms with Crippen LogP contribution in [0.1, 0.15) is 18.4 Å². The van der Waals surface area contributed by atoms with E-state index in [0.717, 1.165) is 9.35 Å². The van der Waals surface area contributed by atoms with Crippen LogP contribution in [0, 0.1) is 5.92 Å². The number of methoxy groups -OCH3 is 2. The zero-order valence-corrected chi connectivity index (χ0v) is 20.1. The third kappa shape index (κ3) is 5.35. The molecule has 1 amide bonds. The van der Waals surface area contributed by atoms with Gasteiger partial charge < -0.3 is 14.8 Å². The average molecular weight is 517 g/mol. The number of carbonyl (C=O) groups excluding carboxylic acids is 1. The molecular formula is C20H25BrN2O5S2. The highest BCUT2D eigenvalue weighted by Gasteiger charge is 2.32. The maximum atomic E-state index is 12.7. The van der Waals surface area contributed by atoms with Crippen molar-refractivity contribution in [2.45, 2.75) is 23.5 Å². The van der Waals surface area contributed by atoms with E-state index in [1.807, 2.05) is 18.2 Å². The molecule has 1 aliphatic heterocycles. The lowest BCUT2D eigenvalue weighted by Crippen LogP contribution is -2.43. The van der Waals surface area contributed by atoms with Gasteiger partial charge >= 0.3 is 0 Å². The second kappa shape index (κ2) is 10.1. The summed E-state index contributed by atoms with van der Waals surface area (Å²) in [7, 11) is -0.306. The predicted molar refractivity (Wildman–Crippen MR) is 120 cm³/mol. The van der Waals surface area contributed by atoms with Crippen LogP contribution >= 0.6 is 27.3 Å². The molecule has 0 spiro atoms. The topological polar surface area (TPSA) is 84.9 Å². The lowest BCUT2D eigenvalue weighted by molar-refractivity contribution is -0.126. The lowest BCUT2D eigenvalue weighted by atomic mass is 9.97. The summed E-state index contributed by atoms with van der Waals surface area (Å²) in [6, 6.07) is 9.03. The molecule has 1 fully saturated rings. The number of carbonyl (C=O) groups is 1. The van der Waals surface area contributed by atoms with Crippen molar-refractivity contribution in [2.24, 2.45) is 5.92 Å². The summed E-state index contributed by atoms with van der Waals surface area (Å²) in [5.74, 6) is 1.14. The molecule has 2 aromatic rings. The van der Waals surface area contributed by atoms with Crippen LogP contribution in [0.15, 0.2) is 38.3 Å². The number of sulfonamides is 1. The molecule has 0 unspecified atom stereocenters. The number of benzene rings is 1. The van der Waals surface area contributed by atoms with E-state index in [0.29, 0.717) is 54.6 Å². The molecule has 0 saturated carbocycles. The molecule has 0 bridgehead atoms. The second-order valence-electron chi connectivity index (χ2n) is 6.97. The molecule has 30 heavy (non-hydrogen) atoms. The van der Waals surface area contributed by atoms with Crippen molar-refractivity contribution in [1.82, 2.24) is 9.62 Å². The number of nitrogens with one attached hydrogen (secondary N) is 1. The molecule has 2 heterocycles. The van der Waals surface area contributed by atoms with Gasteiger partial charge in [0.05, 0.1) is 18.0 Å². The van der Waals surface area contributed by atoms with Gasteiger partial charge in [-0.3, -0.25) is 4.79 Å². The van der Waals surface area contributed by atoms with E-state index >= 15 is 0 Å². The lowest BCUT2D eigenvalue weighted by Gasteiger charge is -2.30. The van der Waals surface area contributed by atoms with Crippen LogP contribution < -0.4 is 14.8 Å². The Balaban J connectivity index is 1.48. The Labute approximate surface area is 189 Å². The fourth-order valence-corrected chi connectivity index (χ4v) is 7.07. The normalized spacial score (nSPS) is 15.7. The molecule has 1 saturated heterocycles. The van der Waals surface area contributed by atoms with Gasteiger partial charge in [0.1, 0.15) is 4.21 Å². The van der Waals surface area contributed by atoms with Gasteiger partial charge in [0, 0.05) is 25.6 Å². The number of amides is 1. The molecule has 1 aromatic carbocycles. The standard InChI is InChI=1S/C20H25BrN2O5S2/c1-27-16-4-3-14(13-17(16)28-2)7-10-22-20(24)15-8-11-23(12-9-15)30(25,26)19-6-5-18(21)29-19/h3-6,13,15H,7-12H2,1-2H3,(H,22,24). The van der Waals surface area contributed by atoms with Gasteiger partial charge in [-0.05, 0) is 65.0 Å². The molecule has 1 N–H and O–H groups in total. The molecule has 164 valence electrons. The summed E-state index contributed by atoms with van der Waals surface area (Å²) in [5.41, 5.74) is 1.04. The molecule has 1 aromatic heterocycles. The highest BCUT2D eigenvalue weighted by Crippen LogP contribution is 2.31. The Kier molecular flexibility index (Phi) is 7.78. The van der Waals surface area contributed by atoms with Gasteiger partial charge in [-0.2, -0.15) is 4.31 Å². The van der Waals surface area contributed by atoms with Crippen molar-refractivity contribution < 1.29 is 22.7 Å². The van der Waals surface area contributed by atoms with E-state index in [-0.39, 0.29) is 11.8 Å². The van der Waals surface area contributed by atoms with Crippen LogP contribution in [0.2, 0.25) is 0 Å². The number of thiophene rings is 1. The molecule has 7 nitrogen and oxygen atoms in total.